The van der Waals surface area contributed by atoms with E-state index in [1.54, 1.807) is 11.3 Å². The summed E-state index contributed by atoms with van der Waals surface area (Å²) in [6.45, 7) is 8.27. The minimum atomic E-state index is 0.480. The van der Waals surface area contributed by atoms with E-state index in [1.807, 2.05) is 11.6 Å². The molecule has 2 aromatic rings. The molecular formula is C17H26N6S. The Bertz CT molecular complexity index is 687. The number of thiazole rings is 1. The quantitative estimate of drug-likeness (QED) is 0.642. The third-order valence-corrected chi connectivity index (χ3v) is 5.68. The predicted octanol–water partition coefficient (Wildman–Crippen LogP) is 1.93. The van der Waals surface area contributed by atoms with Gasteiger partial charge < -0.3 is 10.6 Å². The topological polar surface area (TPSA) is 57.0 Å². The molecule has 2 unspecified atom stereocenters. The molecule has 2 aliphatic rings. The van der Waals surface area contributed by atoms with Crippen LogP contribution in [-0.4, -0.2) is 52.0 Å². The van der Waals surface area contributed by atoms with Crippen molar-refractivity contribution in [1.82, 2.24) is 24.9 Å². The van der Waals surface area contributed by atoms with E-state index >= 15 is 0 Å². The monoisotopic (exact) mass is 346 g/mol. The lowest BCUT2D eigenvalue weighted by Crippen LogP contribution is -2.46. The van der Waals surface area contributed by atoms with Gasteiger partial charge in [-0.15, -0.1) is 11.3 Å². The number of hydrogen-bond donors (Lipinski definition) is 2. The van der Waals surface area contributed by atoms with E-state index in [1.165, 1.54) is 19.4 Å². The lowest BCUT2D eigenvalue weighted by Gasteiger charge is -2.20. The van der Waals surface area contributed by atoms with E-state index < -0.39 is 0 Å². The summed E-state index contributed by atoms with van der Waals surface area (Å²) in [4.78, 5) is 13.0. The van der Waals surface area contributed by atoms with Crippen LogP contribution >= 0.6 is 11.3 Å². The first-order valence-electron chi connectivity index (χ1n) is 8.93. The predicted molar refractivity (Wildman–Crippen MR) is 98.6 cm³/mol. The number of rotatable bonds is 5. The molecule has 0 bridgehead atoms. The summed E-state index contributed by atoms with van der Waals surface area (Å²) in [5, 5.41) is 9.07. The molecule has 0 radical (unpaired) electrons. The molecule has 24 heavy (non-hydrogen) atoms. The van der Waals surface area contributed by atoms with Crippen LogP contribution in [0.2, 0.25) is 0 Å². The number of nitrogens with one attached hydrogen (secondary N) is 2. The number of aromatic nitrogens is 2. The Morgan fingerprint density at radius 1 is 1.42 bits per heavy atom. The van der Waals surface area contributed by atoms with Gasteiger partial charge >= 0.3 is 0 Å². The first-order valence-corrected chi connectivity index (χ1v) is 9.81. The molecule has 130 valence electrons. The summed E-state index contributed by atoms with van der Waals surface area (Å²) in [6, 6.07) is 1.33. The van der Waals surface area contributed by atoms with E-state index in [2.05, 4.69) is 45.0 Å². The molecule has 0 amide bonds. The van der Waals surface area contributed by atoms with E-state index in [-0.39, 0.29) is 0 Å². The number of likely N-dealkylation sites (tertiary alicyclic amines) is 1. The standard InChI is InChI=1S/C17H26N6S/c1-3-18-16(19-8-13-10-22-6-7-24-17(22)20-13)21-15-11-23(9-12(15)2)14-4-5-14/h6-7,10,12,14-15H,3-5,8-9,11H2,1-2H3,(H2,18,19,21). The number of nitrogens with zero attached hydrogens (tertiary/aromatic N) is 4. The number of imidazole rings is 1. The van der Waals surface area contributed by atoms with Gasteiger partial charge in [0.15, 0.2) is 10.9 Å². The molecule has 2 fully saturated rings. The SMILES string of the molecule is CCNC(=NCc1cn2ccsc2n1)NC1CN(C2CC2)CC1C. The fraction of sp³-hybridized carbons (Fsp3) is 0.647. The van der Waals surface area contributed by atoms with Gasteiger partial charge in [-0.2, -0.15) is 0 Å². The van der Waals surface area contributed by atoms with E-state index in [0.717, 1.165) is 35.7 Å². The maximum Gasteiger partial charge on any atom is 0.193 e. The van der Waals surface area contributed by atoms with E-state index in [9.17, 15) is 0 Å². The molecule has 4 rings (SSSR count). The van der Waals surface area contributed by atoms with Crippen LogP contribution in [0.1, 0.15) is 32.4 Å². The first-order chi connectivity index (χ1) is 11.7. The first kappa shape index (κ1) is 15.9. The molecule has 0 aromatic carbocycles. The van der Waals surface area contributed by atoms with Gasteiger partial charge in [0.25, 0.3) is 0 Å². The second-order valence-electron chi connectivity index (χ2n) is 6.93. The zero-order chi connectivity index (χ0) is 16.5. The largest absolute Gasteiger partial charge is 0.357 e. The van der Waals surface area contributed by atoms with Crippen molar-refractivity contribution in [2.75, 3.05) is 19.6 Å². The molecule has 1 saturated heterocycles. The number of guanidine groups is 1. The Kier molecular flexibility index (Phi) is 4.45. The van der Waals surface area contributed by atoms with Gasteiger partial charge in [0.1, 0.15) is 0 Å². The highest BCUT2D eigenvalue weighted by Gasteiger charge is 2.38. The molecule has 7 heteroatoms. The van der Waals surface area contributed by atoms with Crippen molar-refractivity contribution >= 4 is 22.3 Å². The van der Waals surface area contributed by atoms with Gasteiger partial charge in [-0.05, 0) is 25.7 Å². The zero-order valence-corrected chi connectivity index (χ0v) is 15.2. The summed E-state index contributed by atoms with van der Waals surface area (Å²) >= 11 is 1.65. The smallest absolute Gasteiger partial charge is 0.193 e. The van der Waals surface area contributed by atoms with Gasteiger partial charge in [0.2, 0.25) is 0 Å². The van der Waals surface area contributed by atoms with Crippen LogP contribution in [0.25, 0.3) is 4.96 Å². The highest BCUT2D eigenvalue weighted by molar-refractivity contribution is 7.15. The number of aliphatic imine (C=N–C) groups is 1. The van der Waals surface area contributed by atoms with Crippen molar-refractivity contribution in [2.45, 2.75) is 45.3 Å². The normalized spacial score (nSPS) is 25.5. The van der Waals surface area contributed by atoms with E-state index in [0.29, 0.717) is 18.5 Å². The van der Waals surface area contributed by atoms with Crippen molar-refractivity contribution in [3.63, 3.8) is 0 Å². The molecule has 1 aliphatic carbocycles. The van der Waals surface area contributed by atoms with E-state index in [4.69, 9.17) is 4.99 Å². The average Bonchev–Trinajstić information content (AvgIpc) is 3.04. The van der Waals surface area contributed by atoms with Crippen molar-refractivity contribution in [2.24, 2.45) is 10.9 Å². The minimum Gasteiger partial charge on any atom is -0.357 e. The fourth-order valence-electron chi connectivity index (χ4n) is 3.44. The molecule has 6 nitrogen and oxygen atoms in total. The van der Waals surface area contributed by atoms with Crippen LogP contribution in [0, 0.1) is 5.92 Å². The lowest BCUT2D eigenvalue weighted by atomic mass is 10.1. The summed E-state index contributed by atoms with van der Waals surface area (Å²) in [7, 11) is 0. The van der Waals surface area contributed by atoms with Crippen LogP contribution < -0.4 is 10.6 Å². The third-order valence-electron chi connectivity index (χ3n) is 4.91. The molecule has 1 aliphatic heterocycles. The zero-order valence-electron chi connectivity index (χ0n) is 14.4. The van der Waals surface area contributed by atoms with Crippen LogP contribution in [0.3, 0.4) is 0 Å². The van der Waals surface area contributed by atoms with Crippen molar-refractivity contribution in [3.8, 4) is 0 Å². The molecule has 2 N–H and O–H groups in total. The second kappa shape index (κ2) is 6.72. The summed E-state index contributed by atoms with van der Waals surface area (Å²) < 4.78 is 2.06. The highest BCUT2D eigenvalue weighted by Crippen LogP contribution is 2.31. The molecule has 1 saturated carbocycles. The fourth-order valence-corrected chi connectivity index (χ4v) is 4.16. The van der Waals surface area contributed by atoms with Crippen LogP contribution in [0.15, 0.2) is 22.8 Å². The number of hydrogen-bond acceptors (Lipinski definition) is 4. The van der Waals surface area contributed by atoms with Crippen LogP contribution in [0.5, 0.6) is 0 Å². The van der Waals surface area contributed by atoms with Crippen molar-refractivity contribution in [3.05, 3.63) is 23.5 Å². The van der Waals surface area contributed by atoms with Crippen molar-refractivity contribution in [1.29, 1.82) is 0 Å². The van der Waals surface area contributed by atoms with Gasteiger partial charge in [-0.3, -0.25) is 9.30 Å². The summed E-state index contributed by atoms with van der Waals surface area (Å²) in [6.07, 6.45) is 6.86. The Morgan fingerprint density at radius 2 is 2.29 bits per heavy atom. The van der Waals surface area contributed by atoms with Gasteiger partial charge in [-0.25, -0.2) is 9.98 Å². The Balaban J connectivity index is 1.40. The highest BCUT2D eigenvalue weighted by atomic mass is 32.1. The molecule has 0 spiro atoms. The van der Waals surface area contributed by atoms with Crippen LogP contribution in [-0.2, 0) is 6.54 Å². The van der Waals surface area contributed by atoms with Gasteiger partial charge in [0.05, 0.1) is 12.2 Å². The maximum absolute atomic E-state index is 4.75. The summed E-state index contributed by atoms with van der Waals surface area (Å²) in [5.74, 6) is 1.57. The third kappa shape index (κ3) is 3.42. The molecular weight excluding hydrogens is 320 g/mol. The van der Waals surface area contributed by atoms with Gasteiger partial charge in [0, 0.05) is 49.5 Å². The maximum atomic E-state index is 4.75. The van der Waals surface area contributed by atoms with Crippen LogP contribution in [0.4, 0.5) is 0 Å². The second-order valence-corrected chi connectivity index (χ2v) is 7.81. The van der Waals surface area contributed by atoms with Gasteiger partial charge in [-0.1, -0.05) is 6.92 Å². The molecule has 3 heterocycles. The molecule has 2 aromatic heterocycles. The average molecular weight is 347 g/mol. The Hall–Kier alpha value is -1.60. The lowest BCUT2D eigenvalue weighted by molar-refractivity contribution is 0.315. The Morgan fingerprint density at radius 3 is 3.04 bits per heavy atom. The number of fused-ring (bicyclic) bond motifs is 1. The summed E-state index contributed by atoms with van der Waals surface area (Å²) in [5.41, 5.74) is 1.01. The minimum absolute atomic E-state index is 0.480. The molecule has 2 atom stereocenters. The van der Waals surface area contributed by atoms with Crippen molar-refractivity contribution < 1.29 is 0 Å². The Labute approximate surface area is 147 Å².